The Morgan fingerprint density at radius 2 is 1.64 bits per heavy atom. The first-order chi connectivity index (χ1) is 13.4. The molecule has 7 heteroatoms. The predicted octanol–water partition coefficient (Wildman–Crippen LogP) is 3.35. The van der Waals surface area contributed by atoms with Gasteiger partial charge in [-0.2, -0.15) is 4.31 Å². The van der Waals surface area contributed by atoms with Gasteiger partial charge in [0.15, 0.2) is 0 Å². The third-order valence-electron chi connectivity index (χ3n) is 4.32. The van der Waals surface area contributed by atoms with E-state index >= 15 is 0 Å². The summed E-state index contributed by atoms with van der Waals surface area (Å²) in [4.78, 5) is 14.5. The first-order valence-electron chi connectivity index (χ1n) is 9.24. The minimum atomic E-state index is -3.49. The van der Waals surface area contributed by atoms with Gasteiger partial charge in [0.05, 0.1) is 11.4 Å². The summed E-state index contributed by atoms with van der Waals surface area (Å²) in [5.74, 6) is -0.106. The van der Waals surface area contributed by atoms with Crippen LogP contribution in [0.5, 0.6) is 0 Å². The molecule has 0 spiro atoms. The molecule has 0 aliphatic heterocycles. The average Bonchev–Trinajstić information content (AvgIpc) is 2.72. The van der Waals surface area contributed by atoms with Gasteiger partial charge in [0.1, 0.15) is 0 Å². The van der Waals surface area contributed by atoms with Crippen molar-refractivity contribution in [3.8, 4) is 0 Å². The van der Waals surface area contributed by atoms with E-state index in [-0.39, 0.29) is 17.3 Å². The summed E-state index contributed by atoms with van der Waals surface area (Å²) in [5.41, 5.74) is 1.48. The summed E-state index contributed by atoms with van der Waals surface area (Å²) in [5, 5.41) is 3.05. The van der Waals surface area contributed by atoms with Crippen LogP contribution >= 0.6 is 0 Å². The van der Waals surface area contributed by atoms with Crippen molar-refractivity contribution < 1.29 is 13.2 Å². The standard InChI is InChI=1S/C21H27N3O3S/c1-4-16-24(19-10-8-7-9-11-19)21(25)17-22-18-12-14-20(15-13-18)28(26,27)23(5-2)6-3/h4,7-15,22H,1,5-6,16-17H2,2-3H3. The van der Waals surface area contributed by atoms with Gasteiger partial charge in [0, 0.05) is 31.0 Å². The molecule has 2 aromatic rings. The van der Waals surface area contributed by atoms with E-state index in [1.807, 2.05) is 44.2 Å². The smallest absolute Gasteiger partial charge is 0.246 e. The Morgan fingerprint density at radius 1 is 1.04 bits per heavy atom. The van der Waals surface area contributed by atoms with Gasteiger partial charge >= 0.3 is 0 Å². The zero-order valence-corrected chi connectivity index (χ0v) is 17.2. The molecule has 0 fully saturated rings. The number of amides is 1. The van der Waals surface area contributed by atoms with Gasteiger partial charge < -0.3 is 10.2 Å². The molecule has 2 rings (SSSR count). The number of rotatable bonds is 10. The van der Waals surface area contributed by atoms with E-state index in [2.05, 4.69) is 11.9 Å². The molecule has 28 heavy (non-hydrogen) atoms. The van der Waals surface area contributed by atoms with E-state index < -0.39 is 10.0 Å². The lowest BCUT2D eigenvalue weighted by Crippen LogP contribution is -2.35. The summed E-state index contributed by atoms with van der Waals surface area (Å²) < 4.78 is 26.5. The molecule has 1 N–H and O–H groups in total. The molecule has 0 aliphatic carbocycles. The Kier molecular flexibility index (Phi) is 7.78. The second kappa shape index (κ2) is 10.1. The summed E-state index contributed by atoms with van der Waals surface area (Å²) in [6.07, 6.45) is 1.68. The number of benzene rings is 2. The molecular weight excluding hydrogens is 374 g/mol. The molecule has 0 aromatic heterocycles. The number of nitrogens with one attached hydrogen (secondary N) is 1. The van der Waals surface area contributed by atoms with Crippen molar-refractivity contribution >= 4 is 27.3 Å². The fourth-order valence-corrected chi connectivity index (χ4v) is 4.28. The summed E-state index contributed by atoms with van der Waals surface area (Å²) in [6, 6.07) is 15.8. The van der Waals surface area contributed by atoms with Gasteiger partial charge in [-0.05, 0) is 36.4 Å². The number of carbonyl (C=O) groups excluding carboxylic acids is 1. The minimum Gasteiger partial charge on any atom is -0.376 e. The Bertz CT molecular complexity index is 877. The Hall–Kier alpha value is -2.64. The Labute approximate surface area is 167 Å². The van der Waals surface area contributed by atoms with Gasteiger partial charge in [-0.15, -0.1) is 6.58 Å². The molecular formula is C21H27N3O3S. The van der Waals surface area contributed by atoms with E-state index in [1.54, 1.807) is 35.2 Å². The lowest BCUT2D eigenvalue weighted by atomic mass is 10.2. The number of hydrogen-bond donors (Lipinski definition) is 1. The van der Waals surface area contributed by atoms with E-state index in [1.165, 1.54) is 4.31 Å². The van der Waals surface area contributed by atoms with E-state index in [0.717, 1.165) is 5.69 Å². The summed E-state index contributed by atoms with van der Waals surface area (Å²) >= 11 is 0. The molecule has 0 saturated carbocycles. The fraction of sp³-hybridized carbons (Fsp3) is 0.286. The molecule has 0 radical (unpaired) electrons. The molecule has 0 heterocycles. The maximum atomic E-state index is 12.6. The molecule has 0 bridgehead atoms. The number of sulfonamides is 1. The Balaban J connectivity index is 2.06. The van der Waals surface area contributed by atoms with Crippen LogP contribution in [0.1, 0.15) is 13.8 Å². The van der Waals surface area contributed by atoms with Crippen molar-refractivity contribution in [3.05, 3.63) is 67.3 Å². The first kappa shape index (κ1) is 21.7. The molecule has 150 valence electrons. The molecule has 0 unspecified atom stereocenters. The SMILES string of the molecule is C=CCN(C(=O)CNc1ccc(S(=O)(=O)N(CC)CC)cc1)c1ccccc1. The molecule has 0 atom stereocenters. The van der Waals surface area contributed by atoms with Gasteiger partial charge in [0.25, 0.3) is 0 Å². The highest BCUT2D eigenvalue weighted by molar-refractivity contribution is 7.89. The summed E-state index contributed by atoms with van der Waals surface area (Å²) in [7, 11) is -3.49. The first-order valence-corrected chi connectivity index (χ1v) is 10.7. The van der Waals surface area contributed by atoms with E-state index in [0.29, 0.717) is 25.3 Å². The maximum Gasteiger partial charge on any atom is 0.246 e. The van der Waals surface area contributed by atoms with Crippen LogP contribution in [0, 0.1) is 0 Å². The number of para-hydroxylation sites is 1. The topological polar surface area (TPSA) is 69.7 Å². The zero-order chi connectivity index (χ0) is 20.6. The van der Waals surface area contributed by atoms with Crippen LogP contribution in [0.3, 0.4) is 0 Å². The highest BCUT2D eigenvalue weighted by Gasteiger charge is 2.21. The maximum absolute atomic E-state index is 12.6. The summed E-state index contributed by atoms with van der Waals surface area (Å²) in [6.45, 7) is 8.67. The zero-order valence-electron chi connectivity index (χ0n) is 16.3. The number of anilines is 2. The van der Waals surface area contributed by atoms with Gasteiger partial charge in [-0.25, -0.2) is 8.42 Å². The highest BCUT2D eigenvalue weighted by Crippen LogP contribution is 2.19. The van der Waals surface area contributed by atoms with Crippen LogP contribution in [0.25, 0.3) is 0 Å². The number of carbonyl (C=O) groups is 1. The van der Waals surface area contributed by atoms with Crippen LogP contribution in [-0.2, 0) is 14.8 Å². The molecule has 2 aromatic carbocycles. The van der Waals surface area contributed by atoms with Crippen molar-refractivity contribution in [3.63, 3.8) is 0 Å². The van der Waals surface area contributed by atoms with Crippen molar-refractivity contribution in [1.29, 1.82) is 0 Å². The van der Waals surface area contributed by atoms with Gasteiger partial charge in [-0.1, -0.05) is 38.1 Å². The van der Waals surface area contributed by atoms with E-state index in [4.69, 9.17) is 0 Å². The van der Waals surface area contributed by atoms with Crippen molar-refractivity contribution in [2.75, 3.05) is 36.4 Å². The molecule has 0 saturated heterocycles. The molecule has 1 amide bonds. The van der Waals surface area contributed by atoms with Crippen LogP contribution in [0.15, 0.2) is 72.1 Å². The van der Waals surface area contributed by atoms with Gasteiger partial charge in [-0.3, -0.25) is 4.79 Å². The fourth-order valence-electron chi connectivity index (χ4n) is 2.82. The number of nitrogens with zero attached hydrogens (tertiary/aromatic N) is 2. The van der Waals surface area contributed by atoms with Crippen LogP contribution < -0.4 is 10.2 Å². The van der Waals surface area contributed by atoms with Crippen molar-refractivity contribution in [1.82, 2.24) is 4.31 Å². The largest absolute Gasteiger partial charge is 0.376 e. The second-order valence-corrected chi connectivity index (χ2v) is 8.03. The van der Waals surface area contributed by atoms with Crippen molar-refractivity contribution in [2.45, 2.75) is 18.7 Å². The highest BCUT2D eigenvalue weighted by atomic mass is 32.2. The van der Waals surface area contributed by atoms with Crippen LogP contribution in [0.2, 0.25) is 0 Å². The Morgan fingerprint density at radius 3 is 2.18 bits per heavy atom. The molecule has 0 aliphatic rings. The quantitative estimate of drug-likeness (QED) is 0.620. The lowest BCUT2D eigenvalue weighted by molar-refractivity contribution is -0.116. The van der Waals surface area contributed by atoms with Gasteiger partial charge in [0.2, 0.25) is 15.9 Å². The normalized spacial score (nSPS) is 11.2. The van der Waals surface area contributed by atoms with Crippen LogP contribution in [-0.4, -0.2) is 44.8 Å². The molecule has 6 nitrogen and oxygen atoms in total. The van der Waals surface area contributed by atoms with Crippen LogP contribution in [0.4, 0.5) is 11.4 Å². The predicted molar refractivity (Wildman–Crippen MR) is 114 cm³/mol. The monoisotopic (exact) mass is 401 g/mol. The lowest BCUT2D eigenvalue weighted by Gasteiger charge is -2.22. The van der Waals surface area contributed by atoms with E-state index in [9.17, 15) is 13.2 Å². The third kappa shape index (κ3) is 5.21. The third-order valence-corrected chi connectivity index (χ3v) is 6.39. The second-order valence-electron chi connectivity index (χ2n) is 6.10. The van der Waals surface area contributed by atoms with Crippen molar-refractivity contribution in [2.24, 2.45) is 0 Å². The number of hydrogen-bond acceptors (Lipinski definition) is 4. The minimum absolute atomic E-state index is 0.0882. The average molecular weight is 402 g/mol.